The molecule has 3 heterocycles. The van der Waals surface area contributed by atoms with Gasteiger partial charge < -0.3 is 14.5 Å². The average molecular weight is 395 g/mol. The lowest BCUT2D eigenvalue weighted by Crippen LogP contribution is -2.13. The minimum Gasteiger partial charge on any atom is -0.440 e. The summed E-state index contributed by atoms with van der Waals surface area (Å²) in [6.07, 6.45) is 1.46. The second kappa shape index (κ2) is 7.61. The average Bonchev–Trinajstić information content (AvgIpc) is 3.35. The number of ether oxygens (including phenoxy) is 1. The van der Waals surface area contributed by atoms with E-state index in [2.05, 4.69) is 15.3 Å². The van der Waals surface area contributed by atoms with Gasteiger partial charge in [0, 0.05) is 6.07 Å². The third-order valence-corrected chi connectivity index (χ3v) is 4.63. The number of thiophene rings is 1. The van der Waals surface area contributed by atoms with Gasteiger partial charge in [-0.3, -0.25) is 4.79 Å². The van der Waals surface area contributed by atoms with E-state index in [1.165, 1.54) is 41.8 Å². The fraction of sp³-hybridized carbons (Fsp3) is 0.0500. The Morgan fingerprint density at radius 1 is 1.18 bits per heavy atom. The molecule has 3 aromatic heterocycles. The maximum atomic E-state index is 12.9. The third kappa shape index (κ3) is 3.91. The molecule has 0 aliphatic carbocycles. The van der Waals surface area contributed by atoms with E-state index in [-0.39, 0.29) is 11.5 Å². The lowest BCUT2D eigenvalue weighted by Gasteiger charge is -2.06. The molecule has 6 nitrogen and oxygen atoms in total. The molecule has 1 aromatic carbocycles. The van der Waals surface area contributed by atoms with Gasteiger partial charge >= 0.3 is 0 Å². The zero-order valence-corrected chi connectivity index (χ0v) is 15.5. The number of benzene rings is 1. The first-order valence-electron chi connectivity index (χ1n) is 8.30. The van der Waals surface area contributed by atoms with Gasteiger partial charge in [-0.15, -0.1) is 11.3 Å². The minimum absolute atomic E-state index is 0.218. The van der Waals surface area contributed by atoms with Crippen molar-refractivity contribution in [3.05, 3.63) is 77.4 Å². The van der Waals surface area contributed by atoms with Crippen LogP contribution in [0, 0.1) is 12.7 Å². The lowest BCUT2D eigenvalue weighted by atomic mass is 10.3. The monoisotopic (exact) mass is 395 g/mol. The molecule has 8 heteroatoms. The number of rotatable bonds is 5. The van der Waals surface area contributed by atoms with Crippen molar-refractivity contribution in [1.29, 1.82) is 0 Å². The van der Waals surface area contributed by atoms with Gasteiger partial charge in [-0.05, 0) is 48.7 Å². The number of aryl methyl sites for hydroxylation is 1. The van der Waals surface area contributed by atoms with E-state index in [1.54, 1.807) is 19.1 Å². The first-order valence-corrected chi connectivity index (χ1v) is 9.18. The summed E-state index contributed by atoms with van der Waals surface area (Å²) < 4.78 is 24.0. The van der Waals surface area contributed by atoms with Crippen LogP contribution < -0.4 is 10.1 Å². The number of amides is 1. The molecule has 1 amide bonds. The number of nitrogens with one attached hydrogen (secondary N) is 1. The Labute approximate surface area is 163 Å². The molecule has 0 fully saturated rings. The van der Waals surface area contributed by atoms with Crippen molar-refractivity contribution in [3.8, 4) is 22.4 Å². The highest BCUT2D eigenvalue weighted by molar-refractivity contribution is 7.13. The van der Waals surface area contributed by atoms with Crippen LogP contribution in [-0.2, 0) is 0 Å². The Bertz CT molecular complexity index is 1090. The van der Waals surface area contributed by atoms with Crippen LogP contribution >= 0.6 is 11.3 Å². The van der Waals surface area contributed by atoms with Gasteiger partial charge in [0.25, 0.3) is 5.91 Å². The Morgan fingerprint density at radius 2 is 2.00 bits per heavy atom. The Balaban J connectivity index is 1.44. The first-order chi connectivity index (χ1) is 13.6. The number of hydrogen-bond donors (Lipinski definition) is 1. The number of carbonyl (C=O) groups excluding carboxylic acids is 1. The van der Waals surface area contributed by atoms with Crippen LogP contribution in [0.15, 0.2) is 64.5 Å². The molecule has 0 atom stereocenters. The summed E-state index contributed by atoms with van der Waals surface area (Å²) in [5.41, 5.74) is 0.701. The standard InChI is InChI=1S/C20H14FN3O3S/c1-12-18(24-20(26-12)16-3-2-10-28-16)19(25)23-14-6-9-17(22-11-14)27-15-7-4-13(21)5-8-15/h2-11H,1H3,(H,23,25). The van der Waals surface area contributed by atoms with E-state index in [4.69, 9.17) is 9.15 Å². The molecule has 0 saturated heterocycles. The third-order valence-electron chi connectivity index (χ3n) is 3.77. The van der Waals surface area contributed by atoms with E-state index in [0.29, 0.717) is 29.0 Å². The molecule has 0 aliphatic rings. The van der Waals surface area contributed by atoms with Crippen LogP contribution in [0.1, 0.15) is 16.2 Å². The van der Waals surface area contributed by atoms with Crippen molar-refractivity contribution in [2.75, 3.05) is 5.32 Å². The largest absolute Gasteiger partial charge is 0.440 e. The summed E-state index contributed by atoms with van der Waals surface area (Å²) in [4.78, 5) is 21.8. The minimum atomic E-state index is -0.391. The normalized spacial score (nSPS) is 10.6. The quantitative estimate of drug-likeness (QED) is 0.497. The number of carbonyl (C=O) groups is 1. The lowest BCUT2D eigenvalue weighted by molar-refractivity contribution is 0.102. The molecule has 0 unspecified atom stereocenters. The van der Waals surface area contributed by atoms with E-state index in [1.807, 2.05) is 17.5 Å². The van der Waals surface area contributed by atoms with Gasteiger partial charge in [0.05, 0.1) is 16.8 Å². The van der Waals surface area contributed by atoms with Crippen LogP contribution in [0.5, 0.6) is 11.6 Å². The highest BCUT2D eigenvalue weighted by Gasteiger charge is 2.18. The molecular formula is C20H14FN3O3S. The Kier molecular flexibility index (Phi) is 4.86. The molecule has 0 saturated carbocycles. The van der Waals surface area contributed by atoms with Crippen molar-refractivity contribution < 1.29 is 18.3 Å². The molecule has 4 rings (SSSR count). The smallest absolute Gasteiger partial charge is 0.277 e. The second-order valence-corrected chi connectivity index (χ2v) is 6.74. The molecular weight excluding hydrogens is 381 g/mol. The number of pyridine rings is 1. The van der Waals surface area contributed by atoms with Gasteiger partial charge in [-0.25, -0.2) is 14.4 Å². The Hall–Kier alpha value is -3.52. The fourth-order valence-corrected chi connectivity index (χ4v) is 3.09. The molecule has 0 radical (unpaired) electrons. The predicted octanol–water partition coefficient (Wildman–Crippen LogP) is 5.29. The summed E-state index contributed by atoms with van der Waals surface area (Å²) in [5, 5.41) is 4.64. The zero-order valence-electron chi connectivity index (χ0n) is 14.7. The number of oxazole rings is 1. The Morgan fingerprint density at radius 3 is 2.68 bits per heavy atom. The number of hydrogen-bond acceptors (Lipinski definition) is 6. The molecule has 0 spiro atoms. The second-order valence-electron chi connectivity index (χ2n) is 5.80. The summed E-state index contributed by atoms with van der Waals surface area (Å²) in [5.74, 6) is 0.901. The van der Waals surface area contributed by atoms with Gasteiger partial charge in [-0.1, -0.05) is 6.07 Å². The fourth-order valence-electron chi connectivity index (χ4n) is 2.44. The van der Waals surface area contributed by atoms with Crippen LogP contribution in [0.2, 0.25) is 0 Å². The highest BCUT2D eigenvalue weighted by atomic mass is 32.1. The van der Waals surface area contributed by atoms with E-state index in [0.717, 1.165) is 4.88 Å². The topological polar surface area (TPSA) is 77.2 Å². The summed E-state index contributed by atoms with van der Waals surface area (Å²) in [6, 6.07) is 12.6. The number of nitrogens with zero attached hydrogens (tertiary/aromatic N) is 2. The van der Waals surface area contributed by atoms with Crippen molar-refractivity contribution in [3.63, 3.8) is 0 Å². The van der Waals surface area contributed by atoms with Crippen molar-refractivity contribution >= 4 is 22.9 Å². The number of aromatic nitrogens is 2. The molecule has 28 heavy (non-hydrogen) atoms. The summed E-state index contributed by atoms with van der Waals surface area (Å²) in [6.45, 7) is 1.69. The predicted molar refractivity (Wildman–Crippen MR) is 103 cm³/mol. The molecule has 1 N–H and O–H groups in total. The van der Waals surface area contributed by atoms with Crippen molar-refractivity contribution in [1.82, 2.24) is 9.97 Å². The van der Waals surface area contributed by atoms with E-state index < -0.39 is 5.91 Å². The van der Waals surface area contributed by atoms with Crippen LogP contribution in [-0.4, -0.2) is 15.9 Å². The highest BCUT2D eigenvalue weighted by Crippen LogP contribution is 2.26. The first kappa shape index (κ1) is 17.9. The van der Waals surface area contributed by atoms with Crippen LogP contribution in [0.3, 0.4) is 0 Å². The van der Waals surface area contributed by atoms with Gasteiger partial charge in [-0.2, -0.15) is 0 Å². The van der Waals surface area contributed by atoms with Crippen molar-refractivity contribution in [2.45, 2.75) is 6.92 Å². The molecule has 0 bridgehead atoms. The maximum absolute atomic E-state index is 12.9. The van der Waals surface area contributed by atoms with Crippen LogP contribution in [0.4, 0.5) is 10.1 Å². The van der Waals surface area contributed by atoms with Gasteiger partial charge in [0.1, 0.15) is 17.3 Å². The van der Waals surface area contributed by atoms with Crippen molar-refractivity contribution in [2.24, 2.45) is 0 Å². The maximum Gasteiger partial charge on any atom is 0.277 e. The number of anilines is 1. The van der Waals surface area contributed by atoms with Crippen LogP contribution in [0.25, 0.3) is 10.8 Å². The molecule has 0 aliphatic heterocycles. The van der Waals surface area contributed by atoms with E-state index in [9.17, 15) is 9.18 Å². The summed E-state index contributed by atoms with van der Waals surface area (Å²) in [7, 11) is 0. The summed E-state index contributed by atoms with van der Waals surface area (Å²) >= 11 is 1.48. The zero-order chi connectivity index (χ0) is 19.5. The molecule has 140 valence electrons. The van der Waals surface area contributed by atoms with E-state index >= 15 is 0 Å². The van der Waals surface area contributed by atoms with Gasteiger partial charge in [0.2, 0.25) is 11.8 Å². The molecule has 4 aromatic rings. The van der Waals surface area contributed by atoms with Gasteiger partial charge in [0.15, 0.2) is 5.69 Å². The number of halogens is 1. The SMILES string of the molecule is Cc1oc(-c2cccs2)nc1C(=O)Nc1ccc(Oc2ccc(F)cc2)nc1.